The SMILES string of the molecule is CCC(C(=O)NCCc1cc2ccc(C)c(C)c2[nH]c1=O)c1ccccc1. The number of H-pyrrole nitrogens is 1. The van der Waals surface area contributed by atoms with Gasteiger partial charge in [0.05, 0.1) is 11.4 Å². The molecule has 4 heteroatoms. The number of hydrogen-bond donors (Lipinski definition) is 2. The minimum atomic E-state index is -0.160. The van der Waals surface area contributed by atoms with Gasteiger partial charge in [-0.15, -0.1) is 0 Å². The molecule has 0 aliphatic carbocycles. The van der Waals surface area contributed by atoms with Crippen LogP contribution in [-0.2, 0) is 11.2 Å². The van der Waals surface area contributed by atoms with Crippen LogP contribution in [0.25, 0.3) is 10.9 Å². The summed E-state index contributed by atoms with van der Waals surface area (Å²) in [4.78, 5) is 28.0. The third kappa shape index (κ3) is 4.11. The van der Waals surface area contributed by atoms with Crippen LogP contribution in [0.5, 0.6) is 0 Å². The molecule has 0 fully saturated rings. The molecular weight excluding hydrogens is 336 g/mol. The number of rotatable bonds is 6. The molecule has 0 radical (unpaired) electrons. The molecule has 0 spiro atoms. The van der Waals surface area contributed by atoms with Gasteiger partial charge in [-0.2, -0.15) is 0 Å². The van der Waals surface area contributed by atoms with E-state index in [0.717, 1.165) is 34.0 Å². The first-order chi connectivity index (χ1) is 13.0. The first-order valence-corrected chi connectivity index (χ1v) is 9.46. The largest absolute Gasteiger partial charge is 0.355 e. The monoisotopic (exact) mass is 362 g/mol. The van der Waals surface area contributed by atoms with Gasteiger partial charge in [-0.3, -0.25) is 9.59 Å². The maximum absolute atomic E-state index is 12.5. The maximum Gasteiger partial charge on any atom is 0.251 e. The topological polar surface area (TPSA) is 62.0 Å². The standard InChI is InChI=1S/C23H26N2O2/c1-4-20(17-8-6-5-7-9-17)23(27)24-13-12-19-14-18-11-10-15(2)16(3)21(18)25-22(19)26/h5-11,14,20H,4,12-13H2,1-3H3,(H,24,27)(H,25,26). The van der Waals surface area contributed by atoms with Crippen molar-refractivity contribution in [1.29, 1.82) is 0 Å². The number of fused-ring (bicyclic) bond motifs is 1. The number of amides is 1. The van der Waals surface area contributed by atoms with E-state index in [0.29, 0.717) is 18.5 Å². The predicted molar refractivity (Wildman–Crippen MR) is 110 cm³/mol. The van der Waals surface area contributed by atoms with Crippen LogP contribution >= 0.6 is 0 Å². The van der Waals surface area contributed by atoms with Crippen molar-refractivity contribution in [3.05, 3.63) is 81.1 Å². The van der Waals surface area contributed by atoms with Crippen LogP contribution in [0.1, 0.15) is 41.5 Å². The van der Waals surface area contributed by atoms with Crippen molar-refractivity contribution in [2.24, 2.45) is 0 Å². The third-order valence-corrected chi connectivity index (χ3v) is 5.25. The lowest BCUT2D eigenvalue weighted by atomic mass is 9.95. The summed E-state index contributed by atoms with van der Waals surface area (Å²) in [5.41, 5.74) is 4.77. The number of carbonyl (C=O) groups is 1. The average molecular weight is 362 g/mol. The molecule has 0 saturated heterocycles. The fourth-order valence-corrected chi connectivity index (χ4v) is 3.46. The number of pyridine rings is 1. The van der Waals surface area contributed by atoms with Crippen molar-refractivity contribution in [3.8, 4) is 0 Å². The predicted octanol–water partition coefficient (Wildman–Crippen LogP) is 4.00. The van der Waals surface area contributed by atoms with Crippen molar-refractivity contribution >= 4 is 16.8 Å². The highest BCUT2D eigenvalue weighted by Crippen LogP contribution is 2.20. The number of aromatic amines is 1. The molecule has 0 saturated carbocycles. The van der Waals surface area contributed by atoms with Gasteiger partial charge in [-0.1, -0.05) is 49.4 Å². The van der Waals surface area contributed by atoms with Gasteiger partial charge in [-0.05, 0) is 54.8 Å². The molecule has 0 bridgehead atoms. The third-order valence-electron chi connectivity index (χ3n) is 5.25. The Labute approximate surface area is 159 Å². The summed E-state index contributed by atoms with van der Waals surface area (Å²) >= 11 is 0. The summed E-state index contributed by atoms with van der Waals surface area (Å²) < 4.78 is 0. The zero-order valence-corrected chi connectivity index (χ0v) is 16.1. The lowest BCUT2D eigenvalue weighted by molar-refractivity contribution is -0.122. The number of benzene rings is 2. The van der Waals surface area contributed by atoms with Crippen LogP contribution in [0, 0.1) is 13.8 Å². The molecule has 1 atom stereocenters. The Morgan fingerprint density at radius 2 is 1.85 bits per heavy atom. The molecule has 1 amide bonds. The zero-order chi connectivity index (χ0) is 19.4. The average Bonchev–Trinajstić information content (AvgIpc) is 2.67. The van der Waals surface area contributed by atoms with E-state index in [2.05, 4.69) is 16.4 Å². The van der Waals surface area contributed by atoms with Crippen molar-refractivity contribution in [1.82, 2.24) is 10.3 Å². The Kier molecular flexibility index (Phi) is 5.75. The number of nitrogens with one attached hydrogen (secondary N) is 2. The first kappa shape index (κ1) is 18.9. The quantitative estimate of drug-likeness (QED) is 0.696. The Bertz CT molecular complexity index is 1010. The first-order valence-electron chi connectivity index (χ1n) is 9.46. The van der Waals surface area contributed by atoms with E-state index in [9.17, 15) is 9.59 Å². The van der Waals surface area contributed by atoms with E-state index in [4.69, 9.17) is 0 Å². The number of carbonyl (C=O) groups excluding carboxylic acids is 1. The minimum Gasteiger partial charge on any atom is -0.355 e. The summed E-state index contributed by atoms with van der Waals surface area (Å²) in [5, 5.41) is 4.01. The van der Waals surface area contributed by atoms with Crippen LogP contribution in [0.2, 0.25) is 0 Å². The van der Waals surface area contributed by atoms with Gasteiger partial charge >= 0.3 is 0 Å². The summed E-state index contributed by atoms with van der Waals surface area (Å²) in [6.45, 7) is 6.51. The van der Waals surface area contributed by atoms with Gasteiger partial charge < -0.3 is 10.3 Å². The zero-order valence-electron chi connectivity index (χ0n) is 16.1. The van der Waals surface area contributed by atoms with Crippen LogP contribution in [0.3, 0.4) is 0 Å². The van der Waals surface area contributed by atoms with Gasteiger partial charge in [0.1, 0.15) is 0 Å². The minimum absolute atomic E-state index is 0.00684. The van der Waals surface area contributed by atoms with E-state index >= 15 is 0 Å². The van der Waals surface area contributed by atoms with Crippen molar-refractivity contribution in [2.45, 2.75) is 39.5 Å². The van der Waals surface area contributed by atoms with E-state index in [1.54, 1.807) is 0 Å². The van der Waals surface area contributed by atoms with Crippen LogP contribution in [0.4, 0.5) is 0 Å². The Morgan fingerprint density at radius 1 is 1.11 bits per heavy atom. The molecule has 1 unspecified atom stereocenters. The summed E-state index contributed by atoms with van der Waals surface area (Å²) in [6, 6.07) is 15.8. The highest BCUT2D eigenvalue weighted by Gasteiger charge is 2.18. The van der Waals surface area contributed by atoms with E-state index in [-0.39, 0.29) is 17.4 Å². The molecular formula is C23H26N2O2. The Balaban J connectivity index is 1.70. The summed E-state index contributed by atoms with van der Waals surface area (Å²) in [6.07, 6.45) is 1.25. The van der Waals surface area contributed by atoms with Crippen molar-refractivity contribution in [3.63, 3.8) is 0 Å². The Hall–Kier alpha value is -2.88. The van der Waals surface area contributed by atoms with Crippen LogP contribution in [-0.4, -0.2) is 17.4 Å². The van der Waals surface area contributed by atoms with Gasteiger partial charge in [0, 0.05) is 12.1 Å². The summed E-state index contributed by atoms with van der Waals surface area (Å²) in [7, 11) is 0. The van der Waals surface area contributed by atoms with E-state index in [1.807, 2.05) is 63.2 Å². The number of aryl methyl sites for hydroxylation is 2. The summed E-state index contributed by atoms with van der Waals surface area (Å²) in [5.74, 6) is -0.154. The smallest absolute Gasteiger partial charge is 0.251 e. The Morgan fingerprint density at radius 3 is 2.56 bits per heavy atom. The molecule has 140 valence electrons. The molecule has 2 N–H and O–H groups in total. The second-order valence-corrected chi connectivity index (χ2v) is 7.01. The van der Waals surface area contributed by atoms with Crippen molar-refractivity contribution in [2.75, 3.05) is 6.54 Å². The number of hydrogen-bond acceptors (Lipinski definition) is 2. The molecule has 2 aromatic carbocycles. The van der Waals surface area contributed by atoms with Crippen molar-refractivity contribution < 1.29 is 4.79 Å². The molecule has 1 aromatic heterocycles. The molecule has 1 heterocycles. The van der Waals surface area contributed by atoms with Gasteiger partial charge in [0.15, 0.2) is 0 Å². The highest BCUT2D eigenvalue weighted by molar-refractivity contribution is 5.84. The van der Waals surface area contributed by atoms with E-state index in [1.165, 1.54) is 0 Å². The lowest BCUT2D eigenvalue weighted by Gasteiger charge is -2.15. The normalized spacial score (nSPS) is 12.1. The molecule has 0 aliphatic heterocycles. The second kappa shape index (κ2) is 8.21. The van der Waals surface area contributed by atoms with Gasteiger partial charge in [0.2, 0.25) is 5.91 Å². The van der Waals surface area contributed by atoms with E-state index < -0.39 is 0 Å². The maximum atomic E-state index is 12.5. The number of aromatic nitrogens is 1. The van der Waals surface area contributed by atoms with Gasteiger partial charge in [-0.25, -0.2) is 0 Å². The molecule has 3 aromatic rings. The lowest BCUT2D eigenvalue weighted by Crippen LogP contribution is -2.31. The van der Waals surface area contributed by atoms with Crippen LogP contribution in [0.15, 0.2) is 53.3 Å². The van der Waals surface area contributed by atoms with Gasteiger partial charge in [0.25, 0.3) is 5.56 Å². The fourth-order valence-electron chi connectivity index (χ4n) is 3.46. The molecule has 27 heavy (non-hydrogen) atoms. The molecule has 0 aliphatic rings. The molecule has 3 rings (SSSR count). The fraction of sp³-hybridized carbons (Fsp3) is 0.304. The van der Waals surface area contributed by atoms with Crippen LogP contribution < -0.4 is 10.9 Å². The second-order valence-electron chi connectivity index (χ2n) is 7.01. The highest BCUT2D eigenvalue weighted by atomic mass is 16.2. The molecule has 4 nitrogen and oxygen atoms in total.